The van der Waals surface area contributed by atoms with Crippen LogP contribution in [0, 0.1) is 13.8 Å². The van der Waals surface area contributed by atoms with Crippen molar-refractivity contribution >= 4 is 21.7 Å². The van der Waals surface area contributed by atoms with Crippen molar-refractivity contribution in [2.75, 3.05) is 17.5 Å². The zero-order valence-electron chi connectivity index (χ0n) is 13.3. The summed E-state index contributed by atoms with van der Waals surface area (Å²) in [4.78, 5) is 11.4. The molecule has 0 amide bonds. The third-order valence-corrected chi connectivity index (χ3v) is 5.60. The summed E-state index contributed by atoms with van der Waals surface area (Å²) in [5, 5.41) is 9.16. The van der Waals surface area contributed by atoms with E-state index in [4.69, 9.17) is 9.84 Å². The minimum atomic E-state index is -3.80. The van der Waals surface area contributed by atoms with Crippen LogP contribution in [0.2, 0.25) is 0 Å². The van der Waals surface area contributed by atoms with E-state index in [2.05, 4.69) is 0 Å². The van der Waals surface area contributed by atoms with E-state index in [0.29, 0.717) is 5.75 Å². The highest BCUT2D eigenvalue weighted by molar-refractivity contribution is 7.92. The molecule has 1 aliphatic heterocycles. The van der Waals surface area contributed by atoms with Gasteiger partial charge in [0, 0.05) is 0 Å². The molecule has 1 heterocycles. The van der Waals surface area contributed by atoms with Gasteiger partial charge in [0.25, 0.3) is 10.0 Å². The fourth-order valence-corrected chi connectivity index (χ4v) is 4.43. The first-order valence-electron chi connectivity index (χ1n) is 7.40. The number of nitrogens with zero attached hydrogens (tertiary/aromatic N) is 1. The molecule has 126 valence electrons. The van der Waals surface area contributed by atoms with Crippen LogP contribution in [-0.4, -0.2) is 32.6 Å². The number of anilines is 1. The van der Waals surface area contributed by atoms with Gasteiger partial charge in [0.1, 0.15) is 12.4 Å². The van der Waals surface area contributed by atoms with Gasteiger partial charge in [-0.3, -0.25) is 4.31 Å². The molecule has 2 aromatic carbocycles. The van der Waals surface area contributed by atoms with E-state index in [-0.39, 0.29) is 29.3 Å². The van der Waals surface area contributed by atoms with Gasteiger partial charge in [-0.2, -0.15) is 0 Å². The molecule has 6 nitrogen and oxygen atoms in total. The lowest BCUT2D eigenvalue weighted by Gasteiger charge is -2.30. The van der Waals surface area contributed by atoms with Gasteiger partial charge < -0.3 is 9.84 Å². The van der Waals surface area contributed by atoms with Crippen molar-refractivity contribution in [3.8, 4) is 5.75 Å². The Bertz CT molecular complexity index is 900. The van der Waals surface area contributed by atoms with Crippen molar-refractivity contribution < 1.29 is 23.1 Å². The molecule has 1 aliphatic rings. The summed E-state index contributed by atoms with van der Waals surface area (Å²) in [7, 11) is -3.80. The number of carboxylic acids is 1. The highest BCUT2D eigenvalue weighted by Gasteiger charge is 2.31. The van der Waals surface area contributed by atoms with Gasteiger partial charge in [-0.05, 0) is 55.3 Å². The van der Waals surface area contributed by atoms with Crippen molar-refractivity contribution in [3.05, 3.63) is 53.1 Å². The molecule has 0 unspecified atom stereocenters. The fourth-order valence-electron chi connectivity index (χ4n) is 2.79. The van der Waals surface area contributed by atoms with E-state index >= 15 is 0 Å². The van der Waals surface area contributed by atoms with Gasteiger partial charge >= 0.3 is 5.97 Å². The Labute approximate surface area is 140 Å². The Morgan fingerprint density at radius 3 is 2.42 bits per heavy atom. The van der Waals surface area contributed by atoms with Crippen LogP contribution in [0.1, 0.15) is 21.5 Å². The molecule has 0 saturated carbocycles. The number of aryl methyl sites for hydroxylation is 2. The molecular weight excluding hydrogens is 330 g/mol. The minimum Gasteiger partial charge on any atom is -0.489 e. The van der Waals surface area contributed by atoms with E-state index in [0.717, 1.165) is 11.1 Å². The number of carboxylic acid groups (broad SMARTS) is 1. The highest BCUT2D eigenvalue weighted by atomic mass is 32.2. The quantitative estimate of drug-likeness (QED) is 0.922. The highest BCUT2D eigenvalue weighted by Crippen LogP contribution is 2.36. The Morgan fingerprint density at radius 2 is 1.79 bits per heavy atom. The van der Waals surface area contributed by atoms with Crippen molar-refractivity contribution in [2.24, 2.45) is 0 Å². The SMILES string of the molecule is Cc1cc(C)cc(S(=O)(=O)N2CCOc3ccc(C(=O)O)cc32)c1. The number of rotatable bonds is 3. The van der Waals surface area contributed by atoms with Crippen LogP contribution in [0.15, 0.2) is 41.3 Å². The van der Waals surface area contributed by atoms with Crippen molar-refractivity contribution in [1.82, 2.24) is 0 Å². The minimum absolute atomic E-state index is 0.0138. The van der Waals surface area contributed by atoms with E-state index in [1.54, 1.807) is 12.1 Å². The van der Waals surface area contributed by atoms with Crippen LogP contribution in [0.25, 0.3) is 0 Å². The van der Waals surface area contributed by atoms with Crippen LogP contribution in [0.3, 0.4) is 0 Å². The summed E-state index contributed by atoms with van der Waals surface area (Å²) in [6, 6.07) is 9.33. The van der Waals surface area contributed by atoms with E-state index in [1.165, 1.54) is 22.5 Å². The van der Waals surface area contributed by atoms with Crippen molar-refractivity contribution in [3.63, 3.8) is 0 Å². The van der Waals surface area contributed by atoms with Gasteiger partial charge in [0.05, 0.1) is 22.7 Å². The maximum Gasteiger partial charge on any atom is 0.335 e. The third kappa shape index (κ3) is 2.82. The van der Waals surface area contributed by atoms with Crippen LogP contribution in [-0.2, 0) is 10.0 Å². The lowest BCUT2D eigenvalue weighted by Crippen LogP contribution is -2.38. The second-order valence-corrected chi connectivity index (χ2v) is 7.60. The molecule has 1 N–H and O–H groups in total. The fraction of sp³-hybridized carbons (Fsp3) is 0.235. The average Bonchev–Trinajstić information content (AvgIpc) is 2.52. The number of carbonyl (C=O) groups is 1. The van der Waals surface area contributed by atoms with Gasteiger partial charge in [0.15, 0.2) is 0 Å². The summed E-state index contributed by atoms with van der Waals surface area (Å²) in [5.41, 5.74) is 1.96. The lowest BCUT2D eigenvalue weighted by molar-refractivity contribution is 0.0697. The molecule has 7 heteroatoms. The van der Waals surface area contributed by atoms with E-state index < -0.39 is 16.0 Å². The van der Waals surface area contributed by atoms with E-state index in [9.17, 15) is 13.2 Å². The number of aromatic carboxylic acids is 1. The molecule has 0 fully saturated rings. The third-order valence-electron chi connectivity index (χ3n) is 3.81. The Kier molecular flexibility index (Phi) is 3.96. The monoisotopic (exact) mass is 347 g/mol. The normalized spacial score (nSPS) is 14.0. The number of benzene rings is 2. The first-order valence-corrected chi connectivity index (χ1v) is 8.84. The van der Waals surface area contributed by atoms with Gasteiger partial charge in [-0.25, -0.2) is 13.2 Å². The molecule has 24 heavy (non-hydrogen) atoms. The Morgan fingerprint density at radius 1 is 1.12 bits per heavy atom. The Hall–Kier alpha value is -2.54. The number of fused-ring (bicyclic) bond motifs is 1. The molecule has 0 radical (unpaired) electrons. The van der Waals surface area contributed by atoms with Crippen LogP contribution in [0.4, 0.5) is 5.69 Å². The van der Waals surface area contributed by atoms with Gasteiger partial charge in [-0.1, -0.05) is 6.07 Å². The zero-order chi connectivity index (χ0) is 17.5. The maximum atomic E-state index is 13.1. The number of ether oxygens (including phenoxy) is 1. The predicted molar refractivity (Wildman–Crippen MR) is 89.3 cm³/mol. The summed E-state index contributed by atoms with van der Waals surface area (Å²) in [6.07, 6.45) is 0. The first-order chi connectivity index (χ1) is 11.3. The van der Waals surface area contributed by atoms with Gasteiger partial charge in [-0.15, -0.1) is 0 Å². The molecule has 0 spiro atoms. The molecule has 0 aliphatic carbocycles. The van der Waals surface area contributed by atoms with Crippen LogP contribution >= 0.6 is 0 Å². The first kappa shape index (κ1) is 16.3. The van der Waals surface area contributed by atoms with Crippen LogP contribution < -0.4 is 9.04 Å². The zero-order valence-corrected chi connectivity index (χ0v) is 14.1. The summed E-state index contributed by atoms with van der Waals surface area (Å²) >= 11 is 0. The molecular formula is C17H17NO5S. The number of hydrogen-bond acceptors (Lipinski definition) is 4. The molecule has 2 aromatic rings. The summed E-state index contributed by atoms with van der Waals surface area (Å²) < 4.78 is 32.8. The molecule has 3 rings (SSSR count). The standard InChI is InChI=1S/C17H17NO5S/c1-11-7-12(2)9-14(8-11)24(21,22)18-5-6-23-16-4-3-13(17(19)20)10-15(16)18/h3-4,7-10H,5-6H2,1-2H3,(H,19,20). The average molecular weight is 347 g/mol. The second-order valence-electron chi connectivity index (χ2n) is 5.74. The number of hydrogen-bond donors (Lipinski definition) is 1. The molecule has 0 saturated heterocycles. The van der Waals surface area contributed by atoms with Crippen molar-refractivity contribution in [2.45, 2.75) is 18.7 Å². The topological polar surface area (TPSA) is 83.9 Å². The molecule has 0 aromatic heterocycles. The molecule has 0 atom stereocenters. The van der Waals surface area contributed by atoms with E-state index in [1.807, 2.05) is 19.9 Å². The predicted octanol–water partition coefficient (Wildman–Crippen LogP) is 2.59. The smallest absolute Gasteiger partial charge is 0.335 e. The Balaban J connectivity index is 2.14. The van der Waals surface area contributed by atoms with Crippen LogP contribution in [0.5, 0.6) is 5.75 Å². The second kappa shape index (κ2) is 5.83. The summed E-state index contributed by atoms with van der Waals surface area (Å²) in [5.74, 6) is -0.758. The lowest BCUT2D eigenvalue weighted by atomic mass is 10.1. The molecule has 0 bridgehead atoms. The maximum absolute atomic E-state index is 13.1. The summed E-state index contributed by atoms with van der Waals surface area (Å²) in [6.45, 7) is 4.01. The largest absolute Gasteiger partial charge is 0.489 e. The van der Waals surface area contributed by atoms with Gasteiger partial charge in [0.2, 0.25) is 0 Å². The van der Waals surface area contributed by atoms with Crippen molar-refractivity contribution in [1.29, 1.82) is 0 Å². The number of sulfonamides is 1.